The minimum absolute atomic E-state index is 0.0448. The number of carbonyl (C=O) groups is 1. The maximum atomic E-state index is 12.8. The van der Waals surface area contributed by atoms with Crippen LogP contribution in [0.3, 0.4) is 0 Å². The first-order valence-electron chi connectivity index (χ1n) is 8.01. The van der Waals surface area contributed by atoms with E-state index < -0.39 is 0 Å². The van der Waals surface area contributed by atoms with E-state index in [0.717, 1.165) is 18.4 Å². The molecule has 132 valence electrons. The molecule has 0 saturated heterocycles. The Morgan fingerprint density at radius 1 is 1.12 bits per heavy atom. The van der Waals surface area contributed by atoms with Gasteiger partial charge in [0, 0.05) is 10.6 Å². The summed E-state index contributed by atoms with van der Waals surface area (Å²) >= 11 is 12.2. The first-order chi connectivity index (χ1) is 12.0. The summed E-state index contributed by atoms with van der Waals surface area (Å²) in [5.74, 6) is 1.09. The third-order valence-electron chi connectivity index (χ3n) is 4.30. The molecule has 1 saturated carbocycles. The monoisotopic (exact) mass is 379 g/mol. The van der Waals surface area contributed by atoms with Crippen molar-refractivity contribution in [3.63, 3.8) is 0 Å². The molecule has 1 atom stereocenters. The van der Waals surface area contributed by atoms with Crippen LogP contribution in [0.4, 0.5) is 0 Å². The third kappa shape index (κ3) is 4.02. The smallest absolute Gasteiger partial charge is 0.251 e. The van der Waals surface area contributed by atoms with Crippen LogP contribution in [-0.2, 0) is 0 Å². The average molecular weight is 380 g/mol. The fraction of sp³-hybridized carbons (Fsp3) is 0.316. The van der Waals surface area contributed by atoms with Gasteiger partial charge in [-0.15, -0.1) is 0 Å². The van der Waals surface area contributed by atoms with E-state index in [1.54, 1.807) is 12.1 Å². The Balaban J connectivity index is 1.85. The zero-order valence-corrected chi connectivity index (χ0v) is 15.5. The number of halogens is 2. The van der Waals surface area contributed by atoms with Crippen LogP contribution in [0, 0.1) is 5.92 Å². The van der Waals surface area contributed by atoms with Gasteiger partial charge in [0.15, 0.2) is 11.5 Å². The number of nitrogens with one attached hydrogen (secondary N) is 1. The second-order valence-corrected chi connectivity index (χ2v) is 6.88. The van der Waals surface area contributed by atoms with Gasteiger partial charge in [0.2, 0.25) is 0 Å². The summed E-state index contributed by atoms with van der Waals surface area (Å²) in [5, 5.41) is 4.12. The van der Waals surface area contributed by atoms with E-state index >= 15 is 0 Å². The quantitative estimate of drug-likeness (QED) is 0.776. The van der Waals surface area contributed by atoms with E-state index in [1.165, 1.54) is 14.2 Å². The maximum Gasteiger partial charge on any atom is 0.251 e. The van der Waals surface area contributed by atoms with E-state index in [1.807, 2.05) is 24.3 Å². The van der Waals surface area contributed by atoms with Gasteiger partial charge in [0.05, 0.1) is 25.3 Å². The summed E-state index contributed by atoms with van der Waals surface area (Å²) in [6.45, 7) is 0. The molecular weight excluding hydrogens is 361 g/mol. The Kier molecular flexibility index (Phi) is 5.40. The molecule has 0 unspecified atom stereocenters. The summed E-state index contributed by atoms with van der Waals surface area (Å²) in [6.07, 6.45) is 2.19. The van der Waals surface area contributed by atoms with Crippen LogP contribution in [0.1, 0.15) is 34.8 Å². The summed E-state index contributed by atoms with van der Waals surface area (Å²) in [4.78, 5) is 12.8. The SMILES string of the molecule is COc1cc(C(=O)N[C@H](c2ccc(Cl)cc2)C2CC2)cc(Cl)c1OC. The van der Waals surface area contributed by atoms with Crippen LogP contribution in [-0.4, -0.2) is 20.1 Å². The Hall–Kier alpha value is -1.91. The second kappa shape index (κ2) is 7.54. The van der Waals surface area contributed by atoms with Crippen molar-refractivity contribution in [3.05, 3.63) is 57.6 Å². The maximum absolute atomic E-state index is 12.8. The van der Waals surface area contributed by atoms with Crippen molar-refractivity contribution in [2.45, 2.75) is 18.9 Å². The fourth-order valence-electron chi connectivity index (χ4n) is 2.85. The lowest BCUT2D eigenvalue weighted by atomic mass is 10.0. The van der Waals surface area contributed by atoms with E-state index in [0.29, 0.717) is 33.0 Å². The summed E-state index contributed by atoms with van der Waals surface area (Å²) in [7, 11) is 3.02. The van der Waals surface area contributed by atoms with E-state index in [-0.39, 0.29) is 11.9 Å². The molecule has 2 aromatic carbocycles. The summed E-state index contributed by atoms with van der Waals surface area (Å²) < 4.78 is 10.5. The van der Waals surface area contributed by atoms with Crippen molar-refractivity contribution < 1.29 is 14.3 Å². The number of hydrogen-bond acceptors (Lipinski definition) is 3. The molecule has 1 aliphatic carbocycles. The summed E-state index contributed by atoms with van der Waals surface area (Å²) in [5.41, 5.74) is 1.48. The van der Waals surface area contributed by atoms with Crippen LogP contribution in [0.25, 0.3) is 0 Å². The van der Waals surface area contributed by atoms with Gasteiger partial charge in [-0.25, -0.2) is 0 Å². The van der Waals surface area contributed by atoms with Crippen LogP contribution in [0.15, 0.2) is 36.4 Å². The number of benzene rings is 2. The molecule has 0 heterocycles. The van der Waals surface area contributed by atoms with E-state index in [9.17, 15) is 4.79 Å². The molecule has 0 bridgehead atoms. The molecule has 2 aromatic rings. The normalized spacial score (nSPS) is 14.7. The first kappa shape index (κ1) is 17.9. The molecule has 0 radical (unpaired) electrons. The average Bonchev–Trinajstić information content (AvgIpc) is 3.44. The van der Waals surface area contributed by atoms with E-state index in [4.69, 9.17) is 32.7 Å². The highest BCUT2D eigenvalue weighted by Gasteiger charge is 2.33. The minimum atomic E-state index is -0.199. The van der Waals surface area contributed by atoms with Crippen molar-refractivity contribution >= 4 is 29.1 Å². The number of rotatable bonds is 6. The number of hydrogen-bond donors (Lipinski definition) is 1. The Labute approximate surface area is 157 Å². The highest BCUT2D eigenvalue weighted by Crippen LogP contribution is 2.42. The molecule has 0 aliphatic heterocycles. The van der Waals surface area contributed by atoms with Gasteiger partial charge in [0.1, 0.15) is 0 Å². The van der Waals surface area contributed by atoms with Gasteiger partial charge in [-0.05, 0) is 48.6 Å². The number of amides is 1. The van der Waals surface area contributed by atoms with Crippen LogP contribution in [0.5, 0.6) is 11.5 Å². The zero-order valence-electron chi connectivity index (χ0n) is 14.0. The molecule has 25 heavy (non-hydrogen) atoms. The lowest BCUT2D eigenvalue weighted by molar-refractivity contribution is 0.0931. The molecule has 0 aromatic heterocycles. The zero-order chi connectivity index (χ0) is 18.0. The predicted molar refractivity (Wildman–Crippen MR) is 98.9 cm³/mol. The summed E-state index contributed by atoms with van der Waals surface area (Å²) in [6, 6.07) is 10.8. The first-order valence-corrected chi connectivity index (χ1v) is 8.77. The highest BCUT2D eigenvalue weighted by molar-refractivity contribution is 6.32. The molecule has 1 fully saturated rings. The van der Waals surface area contributed by atoms with Crippen LogP contribution >= 0.6 is 23.2 Å². The number of ether oxygens (including phenoxy) is 2. The largest absolute Gasteiger partial charge is 0.493 e. The van der Waals surface area contributed by atoms with Gasteiger partial charge in [-0.3, -0.25) is 4.79 Å². The number of methoxy groups -OCH3 is 2. The third-order valence-corrected chi connectivity index (χ3v) is 4.84. The Morgan fingerprint density at radius 2 is 1.80 bits per heavy atom. The minimum Gasteiger partial charge on any atom is -0.493 e. The molecule has 1 amide bonds. The molecule has 6 heteroatoms. The van der Waals surface area contributed by atoms with Gasteiger partial charge >= 0.3 is 0 Å². The topological polar surface area (TPSA) is 47.6 Å². The highest BCUT2D eigenvalue weighted by atomic mass is 35.5. The fourth-order valence-corrected chi connectivity index (χ4v) is 3.26. The Bertz CT molecular complexity index is 773. The van der Waals surface area contributed by atoms with Gasteiger partial charge in [0.25, 0.3) is 5.91 Å². The van der Waals surface area contributed by atoms with Crippen molar-refractivity contribution in [3.8, 4) is 11.5 Å². The van der Waals surface area contributed by atoms with E-state index in [2.05, 4.69) is 5.32 Å². The van der Waals surface area contributed by atoms with Gasteiger partial charge < -0.3 is 14.8 Å². The molecule has 4 nitrogen and oxygen atoms in total. The standard InChI is InChI=1S/C19H19Cl2NO3/c1-24-16-10-13(9-15(21)18(16)25-2)19(23)22-17(11-3-4-11)12-5-7-14(20)8-6-12/h5-11,17H,3-4H2,1-2H3,(H,22,23)/t17-/m0/s1. The van der Waals surface area contributed by atoms with Crippen molar-refractivity contribution in [2.24, 2.45) is 5.92 Å². The lowest BCUT2D eigenvalue weighted by Crippen LogP contribution is -2.30. The van der Waals surface area contributed by atoms with Crippen LogP contribution < -0.4 is 14.8 Å². The lowest BCUT2D eigenvalue weighted by Gasteiger charge is -2.20. The van der Waals surface area contributed by atoms with Crippen molar-refractivity contribution in [1.29, 1.82) is 0 Å². The number of carbonyl (C=O) groups excluding carboxylic acids is 1. The Morgan fingerprint density at radius 3 is 2.36 bits per heavy atom. The molecular formula is C19H19Cl2NO3. The van der Waals surface area contributed by atoms with Crippen molar-refractivity contribution in [2.75, 3.05) is 14.2 Å². The molecule has 3 rings (SSSR count). The van der Waals surface area contributed by atoms with Crippen molar-refractivity contribution in [1.82, 2.24) is 5.32 Å². The second-order valence-electron chi connectivity index (χ2n) is 6.03. The molecule has 1 N–H and O–H groups in total. The van der Waals surface area contributed by atoms with Gasteiger partial charge in [-0.2, -0.15) is 0 Å². The van der Waals surface area contributed by atoms with Crippen LogP contribution in [0.2, 0.25) is 10.0 Å². The predicted octanol–water partition coefficient (Wildman–Crippen LogP) is 4.89. The molecule has 0 spiro atoms. The van der Waals surface area contributed by atoms with Gasteiger partial charge in [-0.1, -0.05) is 35.3 Å². The molecule has 1 aliphatic rings.